The fourth-order valence-corrected chi connectivity index (χ4v) is 1.96. The van der Waals surface area contributed by atoms with Crippen LogP contribution in [0.15, 0.2) is 41.7 Å². The lowest BCUT2D eigenvalue weighted by molar-refractivity contribution is -0.362. The number of carbonyl (C=O) groups excluding carboxylic acids is 1. The maximum atomic E-state index is 13.4. The fourth-order valence-electron chi connectivity index (χ4n) is 1.75. The van der Waals surface area contributed by atoms with Crippen molar-refractivity contribution in [1.82, 2.24) is 0 Å². The highest BCUT2D eigenvalue weighted by Gasteiger charge is 2.27. The van der Waals surface area contributed by atoms with Gasteiger partial charge in [-0.3, -0.25) is 0 Å². The Labute approximate surface area is 119 Å². The Kier molecular flexibility index (Phi) is 4.05. The van der Waals surface area contributed by atoms with E-state index in [2.05, 4.69) is 10.2 Å². The number of carbonyl (C=O) groups is 1. The van der Waals surface area contributed by atoms with Gasteiger partial charge in [-0.2, -0.15) is 4.90 Å². The van der Waals surface area contributed by atoms with E-state index in [1.165, 1.54) is 42.3 Å². The minimum absolute atomic E-state index is 0.137. The van der Waals surface area contributed by atoms with E-state index in [-0.39, 0.29) is 22.2 Å². The summed E-state index contributed by atoms with van der Waals surface area (Å²) in [5.41, 5.74) is 0.316. The molecule has 0 aliphatic rings. The third-order valence-electron chi connectivity index (χ3n) is 2.58. The number of aromatic nitrogens is 1. The average molecular weight is 295 g/mol. The zero-order valence-electron chi connectivity index (χ0n) is 10.4. The summed E-state index contributed by atoms with van der Waals surface area (Å²) in [5.74, 6) is -0.654. The summed E-state index contributed by atoms with van der Waals surface area (Å²) in [6.07, 6.45) is 1.45. The molecule has 0 spiro atoms. The van der Waals surface area contributed by atoms with Crippen molar-refractivity contribution in [3.63, 3.8) is 0 Å². The van der Waals surface area contributed by atoms with Crippen LogP contribution in [-0.4, -0.2) is 5.91 Å². The lowest BCUT2D eigenvalue weighted by Gasteiger charge is -2.13. The molecule has 5 nitrogen and oxygen atoms in total. The van der Waals surface area contributed by atoms with E-state index in [0.717, 1.165) is 6.07 Å². The Hall–Kier alpha value is -2.34. The number of hydrogen-bond acceptors (Lipinski definition) is 3. The highest BCUT2D eigenvalue weighted by Crippen LogP contribution is 2.31. The number of rotatable bonds is 3. The quantitative estimate of drug-likeness (QED) is 0.815. The third-order valence-corrected chi connectivity index (χ3v) is 2.90. The molecule has 2 rings (SSSR count). The zero-order valence-corrected chi connectivity index (χ0v) is 11.2. The van der Waals surface area contributed by atoms with Gasteiger partial charge >= 0.3 is 5.91 Å². The average Bonchev–Trinajstić information content (AvgIpc) is 2.43. The highest BCUT2D eigenvalue weighted by molar-refractivity contribution is 6.34. The normalized spacial score (nSPS) is 10.2. The lowest BCUT2D eigenvalue weighted by Crippen LogP contribution is -2.28. The smallest absolute Gasteiger partial charge is 0.247 e. The molecule has 102 valence electrons. The molecule has 1 N–H and O–H groups in total. The number of benzene rings is 1. The van der Waals surface area contributed by atoms with Gasteiger partial charge in [0.05, 0.1) is 17.3 Å². The van der Waals surface area contributed by atoms with E-state index in [0.29, 0.717) is 0 Å². The number of nitrogens with one attached hydrogen (secondary N) is 1. The van der Waals surface area contributed by atoms with Crippen LogP contribution in [0.2, 0.25) is 5.02 Å². The summed E-state index contributed by atoms with van der Waals surface area (Å²) in [6, 6.07) is 6.50. The molecule has 0 saturated heterocycles. The van der Waals surface area contributed by atoms with Crippen LogP contribution in [0.1, 0.15) is 6.92 Å². The summed E-state index contributed by atoms with van der Waals surface area (Å²) in [6.45, 7) is 1.30. The van der Waals surface area contributed by atoms with Gasteiger partial charge in [0.2, 0.25) is 0 Å². The highest BCUT2D eigenvalue weighted by atomic mass is 35.5. The number of nitroso groups, excluding NO2 is 1. The molecule has 0 bridgehead atoms. The minimum Gasteiger partial charge on any atom is -0.247 e. The van der Waals surface area contributed by atoms with Crippen molar-refractivity contribution in [3.8, 4) is 0 Å². The van der Waals surface area contributed by atoms with Crippen molar-refractivity contribution in [2.75, 3.05) is 4.90 Å². The first-order chi connectivity index (χ1) is 9.52. The van der Waals surface area contributed by atoms with Gasteiger partial charge in [0, 0.05) is 19.1 Å². The Balaban J connectivity index is 2.59. The molecule has 0 aliphatic carbocycles. The number of H-pyrrole nitrogens is 1. The summed E-state index contributed by atoms with van der Waals surface area (Å²) in [7, 11) is 0. The summed E-state index contributed by atoms with van der Waals surface area (Å²) < 4.78 is 13.4. The number of halogens is 2. The molecule has 1 amide bonds. The Bertz CT molecular complexity index is 678. The lowest BCUT2D eigenvalue weighted by atomic mass is 10.2. The van der Waals surface area contributed by atoms with Crippen LogP contribution in [0.3, 0.4) is 0 Å². The Morgan fingerprint density at radius 2 is 2.10 bits per heavy atom. The van der Waals surface area contributed by atoms with Crippen LogP contribution in [0.5, 0.6) is 0 Å². The first kappa shape index (κ1) is 14.1. The molecule has 1 aromatic heterocycles. The molecule has 7 heteroatoms. The predicted molar refractivity (Wildman–Crippen MR) is 72.7 cm³/mol. The summed E-state index contributed by atoms with van der Waals surface area (Å²) in [4.78, 5) is 26.3. The molecule has 1 heterocycles. The molecular formula is C13H10ClFN3O2+. The van der Waals surface area contributed by atoms with Gasteiger partial charge in [0.15, 0.2) is 5.69 Å². The maximum Gasteiger partial charge on any atom is 0.311 e. The molecular weight excluding hydrogens is 285 g/mol. The van der Waals surface area contributed by atoms with Gasteiger partial charge in [-0.1, -0.05) is 11.6 Å². The number of amides is 1. The van der Waals surface area contributed by atoms with Crippen molar-refractivity contribution in [1.29, 1.82) is 0 Å². The minimum atomic E-state index is -0.527. The molecule has 0 unspecified atom stereocenters. The standard InChI is InChI=1S/C13H9ClFN3O2/c1-8(19)18(12-6-9(15)2-3-11(12)14)13-7-10(17-20)4-5-16-13/h2-7H,1H3/p+1. The number of nitrogens with zero attached hydrogens (tertiary/aromatic N) is 2. The molecule has 0 radical (unpaired) electrons. The van der Waals surface area contributed by atoms with E-state index >= 15 is 0 Å². The molecule has 0 fully saturated rings. The number of anilines is 2. The second-order valence-electron chi connectivity index (χ2n) is 3.97. The topological polar surface area (TPSA) is 63.9 Å². The molecule has 20 heavy (non-hydrogen) atoms. The van der Waals surface area contributed by atoms with E-state index in [4.69, 9.17) is 11.6 Å². The molecule has 0 atom stereocenters. The number of aromatic amines is 1. The second-order valence-corrected chi connectivity index (χ2v) is 4.38. The summed E-state index contributed by atoms with van der Waals surface area (Å²) >= 11 is 6.00. The van der Waals surface area contributed by atoms with E-state index in [9.17, 15) is 14.1 Å². The van der Waals surface area contributed by atoms with Gasteiger partial charge in [0.25, 0.3) is 5.82 Å². The predicted octanol–water partition coefficient (Wildman–Crippen LogP) is 3.38. The van der Waals surface area contributed by atoms with Gasteiger partial charge in [0.1, 0.15) is 11.5 Å². The van der Waals surface area contributed by atoms with Crippen LogP contribution < -0.4 is 9.88 Å². The van der Waals surface area contributed by atoms with Crippen molar-refractivity contribution in [2.45, 2.75) is 6.92 Å². The second kappa shape index (κ2) is 5.75. The van der Waals surface area contributed by atoms with Crippen LogP contribution in [0.25, 0.3) is 0 Å². The third kappa shape index (κ3) is 2.80. The van der Waals surface area contributed by atoms with Crippen LogP contribution in [-0.2, 0) is 4.79 Å². The first-order valence-corrected chi connectivity index (χ1v) is 6.01. The van der Waals surface area contributed by atoms with Crippen LogP contribution in [0.4, 0.5) is 21.6 Å². The van der Waals surface area contributed by atoms with Crippen molar-refractivity contribution >= 4 is 34.7 Å². The largest absolute Gasteiger partial charge is 0.311 e. The fraction of sp³-hybridized carbons (Fsp3) is 0.0769. The maximum absolute atomic E-state index is 13.4. The SMILES string of the molecule is CC(=O)N(c1cc(N=O)cc[nH+]1)c1cc(F)ccc1Cl. The van der Waals surface area contributed by atoms with Crippen molar-refractivity contribution < 1.29 is 14.2 Å². The number of hydrogen-bond donors (Lipinski definition) is 0. The van der Waals surface area contributed by atoms with E-state index in [1.807, 2.05) is 0 Å². The van der Waals surface area contributed by atoms with Gasteiger partial charge in [-0.15, -0.1) is 4.91 Å². The molecule has 1 aromatic carbocycles. The van der Waals surface area contributed by atoms with Crippen molar-refractivity contribution in [2.24, 2.45) is 5.18 Å². The first-order valence-electron chi connectivity index (χ1n) is 5.64. The zero-order chi connectivity index (χ0) is 14.7. The molecule has 0 aliphatic heterocycles. The Morgan fingerprint density at radius 3 is 2.75 bits per heavy atom. The number of pyridine rings is 1. The van der Waals surface area contributed by atoms with Crippen molar-refractivity contribution in [3.05, 3.63) is 52.3 Å². The van der Waals surface area contributed by atoms with E-state index < -0.39 is 11.7 Å². The van der Waals surface area contributed by atoms with Gasteiger partial charge in [-0.05, 0) is 17.3 Å². The molecule has 2 aromatic rings. The van der Waals surface area contributed by atoms with Crippen LogP contribution in [0, 0.1) is 10.7 Å². The monoisotopic (exact) mass is 294 g/mol. The van der Waals surface area contributed by atoms with Gasteiger partial charge in [-0.25, -0.2) is 14.2 Å². The van der Waals surface area contributed by atoms with E-state index in [1.54, 1.807) is 0 Å². The molecule has 0 saturated carbocycles. The van der Waals surface area contributed by atoms with Crippen LogP contribution >= 0.6 is 11.6 Å². The Morgan fingerprint density at radius 1 is 1.35 bits per heavy atom. The van der Waals surface area contributed by atoms with Gasteiger partial charge < -0.3 is 0 Å². The summed E-state index contributed by atoms with van der Waals surface area (Å²) in [5, 5.41) is 3.00.